The zero-order valence-electron chi connectivity index (χ0n) is 47.5. The number of hydrogen-bond acceptors (Lipinski definition) is 26. The molecule has 4 saturated heterocycles. The Bertz CT molecular complexity index is 2490. The second-order valence-electron chi connectivity index (χ2n) is 20.9. The van der Waals surface area contributed by atoms with Gasteiger partial charge in [0.25, 0.3) is 5.79 Å². The molecule has 29 nitrogen and oxygen atoms in total. The van der Waals surface area contributed by atoms with Crippen molar-refractivity contribution >= 4 is 62.0 Å². The minimum Gasteiger partial charge on any atom is -0.465 e. The van der Waals surface area contributed by atoms with Crippen LogP contribution in [0.25, 0.3) is 10.4 Å². The minimum absolute atomic E-state index is 0.144. The van der Waals surface area contributed by atoms with E-state index in [1.54, 1.807) is 30.3 Å². The SMILES string of the molecule is COC(=O)[C@@]1(O[C@H]2[C@@H](OC(C)=O)[C@@H](COC(C)=O)O[C@@H](O[C@@H]3[C@@H](N=[N+]=[N-])[C@H](O[Si](C)(C)C(C)(C)C)O[C@@H]4CO[C@H](c5ccccc5)O[C@H]34)[C@@H]2OC(C)=O)C[C@H](OC(C)=O)[C@@H](NC(C)=O)[C@H]([C@H](OC(C)=O)[C@@H](COC(C)=O)OC(C)=O)O1. The molecule has 4 fully saturated rings. The number of ether oxygens (including phenoxy) is 15. The molecule has 4 heterocycles. The molecule has 5 rings (SSSR count). The Kier molecular flexibility index (Phi) is 22.7. The van der Waals surface area contributed by atoms with Gasteiger partial charge in [-0.3, -0.25) is 38.4 Å². The molecule has 0 aliphatic carbocycles. The van der Waals surface area contributed by atoms with E-state index in [9.17, 15) is 48.7 Å². The number of carbonyl (C=O) groups is 9. The summed E-state index contributed by atoms with van der Waals surface area (Å²) in [7, 11) is -1.96. The average molecular weight is 1170 g/mol. The molecular weight excluding hydrogens is 1100 g/mol. The summed E-state index contributed by atoms with van der Waals surface area (Å²) in [5.41, 5.74) is 10.8. The molecule has 1 amide bonds. The van der Waals surface area contributed by atoms with Crippen molar-refractivity contribution in [2.75, 3.05) is 26.9 Å². The number of azide groups is 1. The summed E-state index contributed by atoms with van der Waals surface area (Å²) in [5, 5.41) is 6.25. The molecule has 450 valence electrons. The third-order valence-corrected chi connectivity index (χ3v) is 18.0. The Morgan fingerprint density at radius 1 is 0.765 bits per heavy atom. The molecule has 1 aromatic carbocycles. The first-order valence-corrected chi connectivity index (χ1v) is 28.7. The van der Waals surface area contributed by atoms with Crippen LogP contribution < -0.4 is 5.32 Å². The Balaban J connectivity index is 1.80. The predicted molar refractivity (Wildman–Crippen MR) is 271 cm³/mol. The highest BCUT2D eigenvalue weighted by Gasteiger charge is 2.64. The lowest BCUT2D eigenvalue weighted by atomic mass is 9.87. The quantitative estimate of drug-likeness (QED) is 0.0461. The summed E-state index contributed by atoms with van der Waals surface area (Å²) < 4.78 is 97.6. The molecule has 81 heavy (non-hydrogen) atoms. The lowest BCUT2D eigenvalue weighted by Gasteiger charge is -2.53. The van der Waals surface area contributed by atoms with Gasteiger partial charge >= 0.3 is 47.8 Å². The molecule has 0 saturated carbocycles. The number of fused-ring (bicyclic) bond motifs is 1. The van der Waals surface area contributed by atoms with Crippen LogP contribution in [-0.2, 0) is 119 Å². The fraction of sp³-hybridized carbons (Fsp3) is 0.706. The van der Waals surface area contributed by atoms with Crippen LogP contribution in [0.15, 0.2) is 35.4 Å². The Labute approximate surface area is 467 Å². The maximum absolute atomic E-state index is 14.9. The van der Waals surface area contributed by atoms with Gasteiger partial charge in [-0.25, -0.2) is 4.79 Å². The fourth-order valence-corrected chi connectivity index (χ4v) is 10.4. The van der Waals surface area contributed by atoms with Gasteiger partial charge in [0.2, 0.25) is 5.91 Å². The molecule has 30 heteroatoms. The van der Waals surface area contributed by atoms with Crippen molar-refractivity contribution in [3.8, 4) is 0 Å². The van der Waals surface area contributed by atoms with Gasteiger partial charge in [-0.05, 0) is 23.7 Å². The van der Waals surface area contributed by atoms with E-state index in [0.717, 1.165) is 62.5 Å². The second-order valence-corrected chi connectivity index (χ2v) is 25.7. The summed E-state index contributed by atoms with van der Waals surface area (Å²) in [6, 6.07) is 5.62. The predicted octanol–water partition coefficient (Wildman–Crippen LogP) is 2.97. The molecular formula is C51H72N4O25Si. The zero-order valence-corrected chi connectivity index (χ0v) is 48.5. The number of carbonyl (C=O) groups excluding carboxylic acids is 9. The van der Waals surface area contributed by atoms with Crippen molar-refractivity contribution in [1.29, 1.82) is 0 Å². The summed E-state index contributed by atoms with van der Waals surface area (Å²) in [6.07, 6.45) is -24.7. The number of nitrogens with zero attached hydrogens (tertiary/aromatic N) is 3. The summed E-state index contributed by atoms with van der Waals surface area (Å²) in [5.74, 6) is -12.3. The Morgan fingerprint density at radius 3 is 1.93 bits per heavy atom. The number of methoxy groups -OCH3 is 1. The number of amides is 1. The van der Waals surface area contributed by atoms with Crippen molar-refractivity contribution in [2.45, 2.75) is 205 Å². The second kappa shape index (κ2) is 28.1. The van der Waals surface area contributed by atoms with Gasteiger partial charge in [-0.2, -0.15) is 0 Å². The fourth-order valence-electron chi connectivity index (χ4n) is 9.24. The van der Waals surface area contributed by atoms with Crippen molar-refractivity contribution in [1.82, 2.24) is 5.32 Å². The van der Waals surface area contributed by atoms with E-state index in [0.29, 0.717) is 5.56 Å². The van der Waals surface area contributed by atoms with Gasteiger partial charge in [0.1, 0.15) is 62.0 Å². The number of rotatable bonds is 21. The molecule has 1 aromatic rings. The van der Waals surface area contributed by atoms with Gasteiger partial charge in [0.15, 0.2) is 51.6 Å². The van der Waals surface area contributed by atoms with Crippen molar-refractivity contribution in [3.05, 3.63) is 46.3 Å². The largest absolute Gasteiger partial charge is 0.465 e. The topological polar surface area (TPSA) is 362 Å². The normalized spacial score (nSPS) is 30.9. The van der Waals surface area contributed by atoms with E-state index in [1.165, 1.54) is 0 Å². The molecule has 0 bridgehead atoms. The van der Waals surface area contributed by atoms with E-state index in [1.807, 2.05) is 33.9 Å². The monoisotopic (exact) mass is 1170 g/mol. The third kappa shape index (κ3) is 17.1. The Hall–Kier alpha value is -6.34. The van der Waals surface area contributed by atoms with Gasteiger partial charge in [-0.1, -0.05) is 56.2 Å². The van der Waals surface area contributed by atoms with Crippen LogP contribution in [0, 0.1) is 0 Å². The van der Waals surface area contributed by atoms with E-state index in [4.69, 9.17) is 75.5 Å². The van der Waals surface area contributed by atoms with E-state index >= 15 is 0 Å². The zero-order chi connectivity index (χ0) is 60.3. The molecule has 0 aromatic heterocycles. The smallest absolute Gasteiger partial charge is 0.366 e. The molecule has 4 aliphatic heterocycles. The number of esters is 8. The van der Waals surface area contributed by atoms with Crippen LogP contribution in [0.4, 0.5) is 0 Å². The van der Waals surface area contributed by atoms with E-state index in [-0.39, 0.29) is 6.61 Å². The van der Waals surface area contributed by atoms with Crippen LogP contribution in [-0.4, -0.2) is 187 Å². The van der Waals surface area contributed by atoms with Gasteiger partial charge < -0.3 is 80.8 Å². The average Bonchev–Trinajstić information content (AvgIpc) is 3.37. The molecule has 0 unspecified atom stereocenters. The maximum atomic E-state index is 14.9. The van der Waals surface area contributed by atoms with Crippen molar-refractivity contribution in [2.24, 2.45) is 5.11 Å². The lowest BCUT2D eigenvalue weighted by Crippen LogP contribution is -2.72. The van der Waals surface area contributed by atoms with Crippen LogP contribution in [0.2, 0.25) is 18.1 Å². The molecule has 17 atom stereocenters. The van der Waals surface area contributed by atoms with Gasteiger partial charge in [0.05, 0.1) is 26.2 Å². The number of hydrogen-bond donors (Lipinski definition) is 1. The van der Waals surface area contributed by atoms with E-state index < -0.39 is 191 Å². The summed E-state index contributed by atoms with van der Waals surface area (Å²) in [4.78, 5) is 122. The Morgan fingerprint density at radius 2 is 1.38 bits per heavy atom. The first kappa shape index (κ1) is 65.5. The highest BCUT2D eigenvalue weighted by Crippen LogP contribution is 2.45. The summed E-state index contributed by atoms with van der Waals surface area (Å²) in [6.45, 7) is 16.0. The highest BCUT2D eigenvalue weighted by molar-refractivity contribution is 6.74. The third-order valence-electron chi connectivity index (χ3n) is 13.5. The first-order chi connectivity index (χ1) is 37.9. The lowest BCUT2D eigenvalue weighted by molar-refractivity contribution is -0.390. The highest BCUT2D eigenvalue weighted by atomic mass is 28.4. The molecule has 1 N–H and O–H groups in total. The van der Waals surface area contributed by atoms with Crippen LogP contribution in [0.1, 0.15) is 94.4 Å². The standard InChI is InChI=1S/C51H72N4O25Si/c1-24(56)53-37-33(69-27(4)59)20-51(49(64)65-12,78-43(37)40(71-29(6)61)34(70-28(5)60)21-66-25(2)57)79-44-41(72-30(7)62)35(22-67-26(3)58)75-48(45(44)73-31(8)63)77-42-38(54-55-52)47(80-81(13,14)50(9,10)11)74-36-23-68-46(76-39(36)42)32-18-16-15-17-19-32/h15-19,33-48H,20-23H2,1-14H3,(H,53,56)/t33-,34+,35+,36+,37+,38+,39-,40+,41-,42+,43+,44-,45+,46-,47-,48-,51-/m0/s1. The molecule has 0 spiro atoms. The molecule has 4 aliphatic rings. The van der Waals surface area contributed by atoms with Gasteiger partial charge in [-0.15, -0.1) is 0 Å². The van der Waals surface area contributed by atoms with Crippen LogP contribution >= 0.6 is 0 Å². The summed E-state index contributed by atoms with van der Waals surface area (Å²) >= 11 is 0. The maximum Gasteiger partial charge on any atom is 0.366 e. The van der Waals surface area contributed by atoms with Crippen molar-refractivity contribution in [3.63, 3.8) is 0 Å². The minimum atomic E-state index is -3.07. The van der Waals surface area contributed by atoms with Crippen molar-refractivity contribution < 1.29 is 119 Å². The number of nitrogens with one attached hydrogen (secondary N) is 1. The first-order valence-electron chi connectivity index (χ1n) is 25.7. The van der Waals surface area contributed by atoms with Crippen LogP contribution in [0.3, 0.4) is 0 Å². The molecule has 0 radical (unpaired) electrons. The van der Waals surface area contributed by atoms with Gasteiger partial charge in [0, 0.05) is 65.9 Å². The van der Waals surface area contributed by atoms with Crippen LogP contribution in [0.5, 0.6) is 0 Å². The number of benzene rings is 1. The van der Waals surface area contributed by atoms with E-state index in [2.05, 4.69) is 15.3 Å².